The van der Waals surface area contributed by atoms with Crippen molar-refractivity contribution in [2.24, 2.45) is 0 Å². The molecule has 5 heteroatoms. The van der Waals surface area contributed by atoms with E-state index in [2.05, 4.69) is 21.2 Å². The molecule has 1 aromatic carbocycles. The molecule has 1 aliphatic heterocycles. The van der Waals surface area contributed by atoms with E-state index in [9.17, 15) is 4.79 Å². The first-order valence-corrected chi connectivity index (χ1v) is 4.74. The lowest BCUT2D eigenvalue weighted by atomic mass is 10.1. The van der Waals surface area contributed by atoms with Crippen LogP contribution in [-0.4, -0.2) is 12.7 Å². The van der Waals surface area contributed by atoms with Gasteiger partial charge < -0.3 is 10.1 Å². The van der Waals surface area contributed by atoms with Crippen molar-refractivity contribution in [3.63, 3.8) is 0 Å². The molecule has 0 aromatic heterocycles. The van der Waals surface area contributed by atoms with Crippen LogP contribution in [0, 0.1) is 0 Å². The molecule has 1 N–H and O–H groups in total. The van der Waals surface area contributed by atoms with Crippen molar-refractivity contribution in [3.8, 4) is 0 Å². The summed E-state index contributed by atoms with van der Waals surface area (Å²) >= 11 is 3.42. The minimum atomic E-state index is -0.347. The van der Waals surface area contributed by atoms with Gasteiger partial charge in [0.2, 0.25) is 0 Å². The average molecular weight is 279 g/mol. The van der Waals surface area contributed by atoms with Crippen LogP contribution >= 0.6 is 28.3 Å². The highest BCUT2D eigenvalue weighted by atomic mass is 79.9. The zero-order valence-electron chi connectivity index (χ0n) is 7.20. The third-order valence-corrected chi connectivity index (χ3v) is 2.68. The molecule has 1 heterocycles. The van der Waals surface area contributed by atoms with Crippen LogP contribution in [0.2, 0.25) is 0 Å². The zero-order valence-corrected chi connectivity index (χ0v) is 9.60. The van der Waals surface area contributed by atoms with Crippen molar-refractivity contribution in [2.45, 2.75) is 6.04 Å². The Morgan fingerprint density at radius 3 is 2.71 bits per heavy atom. The van der Waals surface area contributed by atoms with E-state index in [0.717, 1.165) is 10.0 Å². The van der Waals surface area contributed by atoms with Crippen LogP contribution in [0.15, 0.2) is 28.7 Å². The second kappa shape index (κ2) is 4.66. The number of amides is 1. The first-order chi connectivity index (χ1) is 6.27. The van der Waals surface area contributed by atoms with Crippen LogP contribution in [0.5, 0.6) is 0 Å². The lowest BCUT2D eigenvalue weighted by Crippen LogP contribution is -2.18. The molecule has 0 aliphatic carbocycles. The van der Waals surface area contributed by atoms with Crippen molar-refractivity contribution >= 4 is 34.4 Å². The smallest absolute Gasteiger partial charge is 0.407 e. The monoisotopic (exact) mass is 277 g/mol. The molecule has 2 rings (SSSR count). The Bertz CT molecular complexity index is 345. The number of nitrogens with one attached hydrogen (secondary N) is 1. The second-order valence-electron chi connectivity index (χ2n) is 2.82. The van der Waals surface area contributed by atoms with Crippen molar-refractivity contribution in [1.82, 2.24) is 5.32 Å². The summed E-state index contributed by atoms with van der Waals surface area (Å²) < 4.78 is 5.80. The lowest BCUT2D eigenvalue weighted by molar-refractivity contribution is 0.177. The third kappa shape index (κ3) is 2.19. The number of hydrogen-bond donors (Lipinski definition) is 1. The number of rotatable bonds is 1. The van der Waals surface area contributed by atoms with Crippen molar-refractivity contribution in [3.05, 3.63) is 34.3 Å². The number of carbonyl (C=O) groups is 1. The van der Waals surface area contributed by atoms with Gasteiger partial charge in [0.15, 0.2) is 0 Å². The molecular formula is C9H9BrClNO2. The largest absolute Gasteiger partial charge is 0.447 e. The normalized spacial score (nSPS) is 19.5. The molecule has 14 heavy (non-hydrogen) atoms. The fourth-order valence-electron chi connectivity index (χ4n) is 1.31. The number of halogens is 2. The van der Waals surface area contributed by atoms with Gasteiger partial charge in [-0.2, -0.15) is 0 Å². The van der Waals surface area contributed by atoms with Crippen molar-refractivity contribution in [2.75, 3.05) is 6.61 Å². The Labute approximate surface area is 96.4 Å². The molecule has 0 spiro atoms. The predicted molar refractivity (Wildman–Crippen MR) is 58.6 cm³/mol. The fraction of sp³-hybridized carbons (Fsp3) is 0.222. The molecule has 0 radical (unpaired) electrons. The van der Waals surface area contributed by atoms with Crippen LogP contribution in [0.1, 0.15) is 11.6 Å². The molecule has 3 nitrogen and oxygen atoms in total. The Hall–Kier alpha value is -0.740. The van der Waals surface area contributed by atoms with E-state index in [4.69, 9.17) is 4.74 Å². The van der Waals surface area contributed by atoms with Crippen LogP contribution in [0.4, 0.5) is 4.79 Å². The number of cyclic esters (lactones) is 1. The molecule has 1 aliphatic rings. The average Bonchev–Trinajstić information content (AvgIpc) is 2.53. The summed E-state index contributed by atoms with van der Waals surface area (Å²) in [7, 11) is 0. The Morgan fingerprint density at radius 1 is 1.43 bits per heavy atom. The van der Waals surface area contributed by atoms with E-state index in [-0.39, 0.29) is 24.5 Å². The number of carbonyl (C=O) groups excluding carboxylic acids is 1. The minimum Gasteiger partial charge on any atom is -0.447 e. The summed E-state index contributed by atoms with van der Waals surface area (Å²) in [5.74, 6) is 0. The van der Waals surface area contributed by atoms with Gasteiger partial charge in [0.25, 0.3) is 0 Å². The molecule has 0 bridgehead atoms. The van der Waals surface area contributed by atoms with Gasteiger partial charge >= 0.3 is 6.09 Å². The van der Waals surface area contributed by atoms with Gasteiger partial charge in [-0.25, -0.2) is 4.79 Å². The molecule has 1 fully saturated rings. The summed E-state index contributed by atoms with van der Waals surface area (Å²) in [6.07, 6.45) is -0.347. The summed E-state index contributed by atoms with van der Waals surface area (Å²) in [6, 6.07) is 7.75. The van der Waals surface area contributed by atoms with E-state index < -0.39 is 0 Å². The first-order valence-electron chi connectivity index (χ1n) is 3.95. The van der Waals surface area contributed by atoms with Crippen LogP contribution in [-0.2, 0) is 4.74 Å². The van der Waals surface area contributed by atoms with Crippen LogP contribution in [0.3, 0.4) is 0 Å². The molecular weight excluding hydrogens is 269 g/mol. The van der Waals surface area contributed by atoms with Gasteiger partial charge in [0.1, 0.15) is 6.61 Å². The highest BCUT2D eigenvalue weighted by Gasteiger charge is 2.24. The van der Waals surface area contributed by atoms with Gasteiger partial charge in [-0.05, 0) is 11.6 Å². The van der Waals surface area contributed by atoms with Crippen LogP contribution in [0.25, 0.3) is 0 Å². The summed E-state index contributed by atoms with van der Waals surface area (Å²) in [6.45, 7) is 0.404. The predicted octanol–water partition coefficient (Wildman–Crippen LogP) is 2.65. The van der Waals surface area contributed by atoms with Crippen molar-refractivity contribution in [1.29, 1.82) is 0 Å². The molecule has 1 atom stereocenters. The van der Waals surface area contributed by atoms with Crippen molar-refractivity contribution < 1.29 is 9.53 Å². The van der Waals surface area contributed by atoms with Gasteiger partial charge in [0.05, 0.1) is 6.04 Å². The number of alkyl carbamates (subject to hydrolysis) is 1. The Morgan fingerprint density at radius 2 is 2.14 bits per heavy atom. The summed E-state index contributed by atoms with van der Waals surface area (Å²) in [4.78, 5) is 10.8. The third-order valence-electron chi connectivity index (χ3n) is 1.95. The fourth-order valence-corrected chi connectivity index (χ4v) is 1.87. The Kier molecular flexibility index (Phi) is 3.77. The zero-order chi connectivity index (χ0) is 9.26. The molecule has 1 aromatic rings. The highest BCUT2D eigenvalue weighted by Crippen LogP contribution is 2.25. The first kappa shape index (κ1) is 11.3. The standard InChI is InChI=1S/C9H8BrNO2.ClH/c10-7-4-2-1-3-6(7)8-5-13-9(12)11-8;/h1-4,8H,5H2,(H,11,12);1H/t8-;/m0./s1. The molecule has 0 saturated carbocycles. The SMILES string of the molecule is Cl.O=C1N[C@H](c2ccccc2Br)CO1. The molecule has 1 amide bonds. The van der Waals surface area contributed by atoms with Gasteiger partial charge in [0, 0.05) is 4.47 Å². The topological polar surface area (TPSA) is 38.3 Å². The minimum absolute atomic E-state index is 0. The van der Waals surface area contributed by atoms with Crippen LogP contribution < -0.4 is 5.32 Å². The molecule has 1 saturated heterocycles. The maximum Gasteiger partial charge on any atom is 0.407 e. The summed E-state index contributed by atoms with van der Waals surface area (Å²) in [5, 5.41) is 2.72. The van der Waals surface area contributed by atoms with E-state index in [1.54, 1.807) is 0 Å². The maximum absolute atomic E-state index is 10.8. The number of ether oxygens (including phenoxy) is 1. The Balaban J connectivity index is 0.000000980. The molecule has 76 valence electrons. The van der Waals surface area contributed by atoms with E-state index in [1.165, 1.54) is 0 Å². The van der Waals surface area contributed by atoms with E-state index in [1.807, 2.05) is 24.3 Å². The lowest BCUT2D eigenvalue weighted by Gasteiger charge is -2.08. The second-order valence-corrected chi connectivity index (χ2v) is 3.67. The highest BCUT2D eigenvalue weighted by molar-refractivity contribution is 9.10. The number of benzene rings is 1. The van der Waals surface area contributed by atoms with Gasteiger partial charge in [-0.1, -0.05) is 34.1 Å². The van der Waals surface area contributed by atoms with Gasteiger partial charge in [-0.15, -0.1) is 12.4 Å². The summed E-state index contributed by atoms with van der Waals surface area (Å²) in [5.41, 5.74) is 1.05. The quantitative estimate of drug-likeness (QED) is 0.857. The van der Waals surface area contributed by atoms with E-state index in [0.29, 0.717) is 6.61 Å². The maximum atomic E-state index is 10.8. The van der Waals surface area contributed by atoms with E-state index >= 15 is 0 Å². The molecule has 0 unspecified atom stereocenters. The number of hydrogen-bond acceptors (Lipinski definition) is 2. The van der Waals surface area contributed by atoms with Gasteiger partial charge in [-0.3, -0.25) is 0 Å².